The van der Waals surface area contributed by atoms with Crippen LogP contribution >= 0.6 is 31.9 Å². The fraction of sp³-hybridized carbons (Fsp3) is 0.560. The molecule has 0 saturated carbocycles. The van der Waals surface area contributed by atoms with Crippen LogP contribution in [0.4, 0.5) is 4.79 Å². The quantitative estimate of drug-likeness (QED) is 0.173. The van der Waals surface area contributed by atoms with E-state index in [4.69, 9.17) is 13.9 Å². The molecule has 34 heavy (non-hydrogen) atoms. The van der Waals surface area contributed by atoms with Gasteiger partial charge in [-0.25, -0.2) is 14.4 Å². The molecule has 188 valence electrons. The molecule has 0 saturated heterocycles. The molecule has 9 heteroatoms. The Balaban J connectivity index is 2.52. The molecule has 0 unspecified atom stereocenters. The van der Waals surface area contributed by atoms with Crippen LogP contribution in [-0.4, -0.2) is 33.9 Å². The number of nitrogens with one attached hydrogen (secondary N) is 1. The van der Waals surface area contributed by atoms with Crippen LogP contribution < -0.4 is 15.7 Å². The average Bonchev–Trinajstić information content (AvgIpc) is 2.73. The number of rotatable bonds is 8. The van der Waals surface area contributed by atoms with E-state index in [0.29, 0.717) is 35.1 Å². The van der Waals surface area contributed by atoms with Gasteiger partial charge in [0, 0.05) is 27.2 Å². The minimum Gasteiger partial charge on any atom is -0.444 e. The largest absolute Gasteiger partial charge is 0.444 e. The van der Waals surface area contributed by atoms with Crippen LogP contribution in [0.25, 0.3) is 11.0 Å². The Labute approximate surface area is 217 Å². The van der Waals surface area contributed by atoms with Crippen molar-refractivity contribution in [2.75, 3.05) is 5.33 Å². The molecular formula is C25H33Br2NO6. The normalized spacial score (nSPS) is 14.4. The topological polar surface area (TPSA) is 94.8 Å². The van der Waals surface area contributed by atoms with Crippen molar-refractivity contribution in [1.29, 1.82) is 0 Å². The monoisotopic (exact) mass is 601 g/mol. The number of alkyl carbamates (subject to hydrolysis) is 1. The Morgan fingerprint density at radius 2 is 1.85 bits per heavy atom. The van der Waals surface area contributed by atoms with Gasteiger partial charge in [0.2, 0.25) is 0 Å². The molecule has 1 amide bonds. The summed E-state index contributed by atoms with van der Waals surface area (Å²) in [6.07, 6.45) is 0.517. The van der Waals surface area contributed by atoms with E-state index in [-0.39, 0.29) is 10.7 Å². The van der Waals surface area contributed by atoms with Gasteiger partial charge in [-0.3, -0.25) is 0 Å². The minimum absolute atomic E-state index is 0.0862. The number of ether oxygens (including phenoxy) is 2. The zero-order chi connectivity index (χ0) is 25.8. The Morgan fingerprint density at radius 1 is 1.21 bits per heavy atom. The second kappa shape index (κ2) is 11.7. The number of esters is 1. The first-order valence-electron chi connectivity index (χ1n) is 11.3. The molecule has 0 spiro atoms. The van der Waals surface area contributed by atoms with Crippen LogP contribution in [0.15, 0.2) is 21.3 Å². The first-order valence-corrected chi connectivity index (χ1v) is 13.3. The van der Waals surface area contributed by atoms with Crippen molar-refractivity contribution in [1.82, 2.24) is 5.32 Å². The van der Waals surface area contributed by atoms with E-state index < -0.39 is 29.3 Å². The van der Waals surface area contributed by atoms with Gasteiger partial charge in [0.15, 0.2) is 0 Å². The lowest BCUT2D eigenvalue weighted by molar-refractivity contribution is -0.138. The second-order valence-corrected chi connectivity index (χ2v) is 11.4. The number of carbonyl (C=O) groups excluding carboxylic acids is 2. The third-order valence-corrected chi connectivity index (χ3v) is 7.75. The molecule has 0 aliphatic carbocycles. The molecule has 1 aromatic heterocycles. The first kappa shape index (κ1) is 28.4. The van der Waals surface area contributed by atoms with Crippen LogP contribution in [0.1, 0.15) is 57.7 Å². The van der Waals surface area contributed by atoms with E-state index in [2.05, 4.69) is 37.2 Å². The van der Waals surface area contributed by atoms with Gasteiger partial charge >= 0.3 is 17.7 Å². The summed E-state index contributed by atoms with van der Waals surface area (Å²) in [6.45, 7) is 12.6. The number of amides is 1. The Kier molecular flexibility index (Phi) is 9.77. The van der Waals surface area contributed by atoms with E-state index in [1.54, 1.807) is 27.7 Å². The van der Waals surface area contributed by atoms with E-state index in [0.717, 1.165) is 16.5 Å². The fourth-order valence-electron chi connectivity index (χ4n) is 3.51. The minimum atomic E-state index is -0.914. The number of halogens is 2. The molecule has 1 heterocycles. The summed E-state index contributed by atoms with van der Waals surface area (Å²) in [6, 6.07) is 2.42. The number of fused-ring (bicyclic) bond motifs is 1. The smallest absolute Gasteiger partial charge is 0.408 e. The van der Waals surface area contributed by atoms with Crippen molar-refractivity contribution in [3.63, 3.8) is 0 Å². The van der Waals surface area contributed by atoms with Crippen molar-refractivity contribution < 1.29 is 23.5 Å². The van der Waals surface area contributed by atoms with Gasteiger partial charge in [0.1, 0.15) is 23.0 Å². The number of hydrogen-bond acceptors (Lipinski definition) is 6. The lowest BCUT2D eigenvalue weighted by atomic mass is 9.98. The van der Waals surface area contributed by atoms with Crippen LogP contribution in [0.2, 0.25) is 0 Å². The van der Waals surface area contributed by atoms with Crippen molar-refractivity contribution in [2.24, 2.45) is 5.92 Å². The van der Waals surface area contributed by atoms with Crippen LogP contribution in [0.5, 0.6) is 5.75 Å². The Bertz CT molecular complexity index is 1110. The summed E-state index contributed by atoms with van der Waals surface area (Å²) in [5.74, 6) is -0.476. The van der Waals surface area contributed by atoms with Gasteiger partial charge in [-0.15, -0.1) is 0 Å². The summed E-state index contributed by atoms with van der Waals surface area (Å²) < 4.78 is 16.7. The highest BCUT2D eigenvalue weighted by molar-refractivity contribution is 9.12. The summed E-state index contributed by atoms with van der Waals surface area (Å²) >= 11 is 7.09. The lowest BCUT2D eigenvalue weighted by Gasteiger charge is -2.26. The molecular weight excluding hydrogens is 570 g/mol. The maximum Gasteiger partial charge on any atom is 0.408 e. The maximum atomic E-state index is 13.3. The molecule has 1 N–H and O–H groups in total. The van der Waals surface area contributed by atoms with Crippen LogP contribution in [0.3, 0.4) is 0 Å². The lowest BCUT2D eigenvalue weighted by Crippen LogP contribution is -2.48. The summed E-state index contributed by atoms with van der Waals surface area (Å²) in [4.78, 5) is 37.9. The van der Waals surface area contributed by atoms with Gasteiger partial charge < -0.3 is 19.2 Å². The first-order chi connectivity index (χ1) is 15.8. The van der Waals surface area contributed by atoms with Crippen LogP contribution in [0, 0.1) is 19.8 Å². The van der Waals surface area contributed by atoms with E-state index in [1.807, 2.05) is 26.8 Å². The van der Waals surface area contributed by atoms with Gasteiger partial charge in [0.05, 0.1) is 0 Å². The average molecular weight is 603 g/mol. The van der Waals surface area contributed by atoms with Crippen molar-refractivity contribution in [3.8, 4) is 5.75 Å². The zero-order valence-electron chi connectivity index (χ0n) is 20.7. The molecule has 2 rings (SSSR count). The van der Waals surface area contributed by atoms with Crippen molar-refractivity contribution in [3.05, 3.63) is 39.2 Å². The van der Waals surface area contributed by atoms with Crippen molar-refractivity contribution >= 4 is 54.9 Å². The highest BCUT2D eigenvalue weighted by Gasteiger charge is 2.31. The maximum absolute atomic E-state index is 13.3. The standard InChI is InChI=1S/C25H33Br2NO6/c1-8-13(2)20(28-24(31)34-25(5,6)7)23(30)33-21-15(4)22-18(14(3)9-19(29)32-22)11-16(21)10-17(27)12-26/h9,11,13,17,20H,8,10,12H2,1-7H3,(H,28,31)/t13-,17+,20+/m1/s1. The van der Waals surface area contributed by atoms with Gasteiger partial charge in [-0.1, -0.05) is 52.1 Å². The summed E-state index contributed by atoms with van der Waals surface area (Å²) in [5.41, 5.74) is 1.32. The second-order valence-electron chi connectivity index (χ2n) is 9.50. The van der Waals surface area contributed by atoms with Gasteiger partial charge in [0.25, 0.3) is 0 Å². The van der Waals surface area contributed by atoms with E-state index in [1.165, 1.54) is 6.07 Å². The fourth-order valence-corrected chi connectivity index (χ4v) is 4.09. The molecule has 2 aromatic rings. The van der Waals surface area contributed by atoms with Gasteiger partial charge in [-0.05, 0) is 64.2 Å². The molecule has 1 aromatic carbocycles. The predicted molar refractivity (Wildman–Crippen MR) is 140 cm³/mol. The highest BCUT2D eigenvalue weighted by Crippen LogP contribution is 2.35. The predicted octanol–water partition coefficient (Wildman–Crippen LogP) is 5.96. The van der Waals surface area contributed by atoms with Crippen LogP contribution in [-0.2, 0) is 16.0 Å². The molecule has 0 aliphatic heterocycles. The number of alkyl halides is 2. The third kappa shape index (κ3) is 7.31. The summed E-state index contributed by atoms with van der Waals surface area (Å²) in [5, 5.41) is 4.14. The molecule has 0 radical (unpaired) electrons. The molecule has 0 bridgehead atoms. The Morgan fingerprint density at radius 3 is 2.41 bits per heavy atom. The number of aryl methyl sites for hydroxylation is 2. The number of carbonyl (C=O) groups is 2. The zero-order valence-corrected chi connectivity index (χ0v) is 23.9. The summed E-state index contributed by atoms with van der Waals surface area (Å²) in [7, 11) is 0. The molecule has 3 atom stereocenters. The Hall–Kier alpha value is -1.87. The third-order valence-electron chi connectivity index (χ3n) is 5.45. The number of benzene rings is 1. The van der Waals surface area contributed by atoms with E-state index >= 15 is 0 Å². The SMILES string of the molecule is CC[C@@H](C)[C@H](NC(=O)OC(C)(C)C)C(=O)Oc1c(C[C@H](Br)CBr)cc2c(C)cc(=O)oc2c1C. The molecule has 0 aliphatic rings. The highest BCUT2D eigenvalue weighted by atomic mass is 79.9. The van der Waals surface area contributed by atoms with Gasteiger partial charge in [-0.2, -0.15) is 0 Å². The molecule has 7 nitrogen and oxygen atoms in total. The van der Waals surface area contributed by atoms with Crippen molar-refractivity contribution in [2.45, 2.75) is 77.8 Å². The van der Waals surface area contributed by atoms with E-state index in [9.17, 15) is 14.4 Å². The molecule has 0 fully saturated rings. The number of hydrogen-bond donors (Lipinski definition) is 1.